The number of ether oxygens (including phenoxy) is 3. The maximum absolute atomic E-state index is 14.3. The topological polar surface area (TPSA) is 107 Å². The molecular weight excluding hydrogens is 522 g/mol. The van der Waals surface area contributed by atoms with E-state index >= 15 is 0 Å². The number of hydrogen-bond donors (Lipinski definition) is 0. The molecule has 0 aliphatic carbocycles. The molecule has 2 aliphatic heterocycles. The number of rotatable bonds is 4. The molecule has 2 aromatic carbocycles. The molecule has 1 amide bonds. The van der Waals surface area contributed by atoms with E-state index in [1.165, 1.54) is 23.0 Å². The third-order valence-electron chi connectivity index (χ3n) is 7.25. The van der Waals surface area contributed by atoms with Crippen LogP contribution in [0.5, 0.6) is 11.5 Å². The minimum atomic E-state index is -0.907. The fraction of sp³-hybridized carbons (Fsp3) is 0.448. The summed E-state index contributed by atoms with van der Waals surface area (Å²) in [7, 11) is 0. The van der Waals surface area contributed by atoms with E-state index in [9.17, 15) is 23.6 Å². The lowest BCUT2D eigenvalue weighted by atomic mass is 9.85. The van der Waals surface area contributed by atoms with Crippen molar-refractivity contribution in [2.45, 2.75) is 57.8 Å². The Morgan fingerprint density at radius 2 is 1.93 bits per heavy atom. The van der Waals surface area contributed by atoms with Crippen LogP contribution >= 0.6 is 0 Å². The zero-order valence-corrected chi connectivity index (χ0v) is 22.6. The molecule has 40 heavy (non-hydrogen) atoms. The van der Waals surface area contributed by atoms with E-state index in [1.807, 2.05) is 20.8 Å². The zero-order valence-electron chi connectivity index (χ0n) is 22.6. The van der Waals surface area contributed by atoms with Gasteiger partial charge in [0, 0.05) is 25.6 Å². The third-order valence-corrected chi connectivity index (χ3v) is 7.25. The Bertz CT molecular complexity index is 1550. The Balaban J connectivity index is 1.28. The molecule has 1 unspecified atom stereocenters. The van der Waals surface area contributed by atoms with Crippen LogP contribution in [0.4, 0.5) is 13.6 Å². The van der Waals surface area contributed by atoms with Gasteiger partial charge in [0.15, 0.2) is 11.6 Å². The summed E-state index contributed by atoms with van der Waals surface area (Å²) in [6.07, 6.45) is 3.29. The Labute approximate surface area is 229 Å². The summed E-state index contributed by atoms with van der Waals surface area (Å²) < 4.78 is 47.0. The second-order valence-electron chi connectivity index (χ2n) is 11.4. The average Bonchev–Trinajstić information content (AvgIpc) is 3.29. The molecule has 0 radical (unpaired) electrons. The number of nitrogens with zero attached hydrogens (tertiary/aromatic N) is 4. The maximum atomic E-state index is 14.3. The number of halogens is 2. The van der Waals surface area contributed by atoms with Gasteiger partial charge in [0.05, 0.1) is 29.4 Å². The number of likely N-dealkylation sites (tertiary alicyclic amines) is 1. The number of piperidine rings is 1. The van der Waals surface area contributed by atoms with Crippen molar-refractivity contribution < 1.29 is 27.8 Å². The highest BCUT2D eigenvalue weighted by Gasteiger charge is 2.44. The fourth-order valence-electron chi connectivity index (χ4n) is 5.29. The van der Waals surface area contributed by atoms with Crippen LogP contribution in [0.3, 0.4) is 0 Å². The highest BCUT2D eigenvalue weighted by Crippen LogP contribution is 2.39. The summed E-state index contributed by atoms with van der Waals surface area (Å²) in [6.45, 7) is 7.48. The number of amides is 1. The number of benzene rings is 2. The van der Waals surface area contributed by atoms with Gasteiger partial charge < -0.3 is 19.1 Å². The van der Waals surface area contributed by atoms with Gasteiger partial charge in [-0.15, -0.1) is 0 Å². The third kappa shape index (κ3) is 5.63. The maximum Gasteiger partial charge on any atom is 0.410 e. The second kappa shape index (κ2) is 10.5. The van der Waals surface area contributed by atoms with Crippen molar-refractivity contribution in [3.8, 4) is 17.6 Å². The Hall–Kier alpha value is -4.04. The Morgan fingerprint density at radius 1 is 1.20 bits per heavy atom. The predicted molar refractivity (Wildman–Crippen MR) is 141 cm³/mol. The van der Waals surface area contributed by atoms with Gasteiger partial charge in [-0.25, -0.2) is 18.6 Å². The largest absolute Gasteiger partial charge is 0.453 e. The number of aromatic nitrogens is 2. The smallest absolute Gasteiger partial charge is 0.410 e. The molecule has 210 valence electrons. The fourth-order valence-corrected chi connectivity index (χ4v) is 5.29. The quantitative estimate of drug-likeness (QED) is 0.441. The number of carbonyl (C=O) groups excluding carboxylic acids is 1. The highest BCUT2D eigenvalue weighted by molar-refractivity contribution is 5.79. The summed E-state index contributed by atoms with van der Waals surface area (Å²) in [6, 6.07) is 7.77. The molecule has 0 N–H and O–H groups in total. The zero-order chi connectivity index (χ0) is 28.7. The van der Waals surface area contributed by atoms with E-state index < -0.39 is 28.5 Å². The van der Waals surface area contributed by atoms with Gasteiger partial charge in [0.25, 0.3) is 5.56 Å². The van der Waals surface area contributed by atoms with Crippen molar-refractivity contribution in [1.29, 1.82) is 5.26 Å². The van der Waals surface area contributed by atoms with Crippen molar-refractivity contribution >= 4 is 17.0 Å². The van der Waals surface area contributed by atoms with Gasteiger partial charge in [-0.2, -0.15) is 5.26 Å². The normalized spacial score (nSPS) is 18.6. The van der Waals surface area contributed by atoms with Crippen LogP contribution in [0.2, 0.25) is 0 Å². The van der Waals surface area contributed by atoms with Gasteiger partial charge in [-0.05, 0) is 70.4 Å². The monoisotopic (exact) mass is 552 g/mol. The Kier molecular flexibility index (Phi) is 7.23. The van der Waals surface area contributed by atoms with Crippen LogP contribution < -0.4 is 10.3 Å². The molecule has 3 heterocycles. The number of carbonyl (C=O) groups is 1. The van der Waals surface area contributed by atoms with Gasteiger partial charge in [-0.1, -0.05) is 0 Å². The van der Waals surface area contributed by atoms with Crippen molar-refractivity contribution in [3.05, 3.63) is 64.2 Å². The molecule has 1 atom stereocenters. The van der Waals surface area contributed by atoms with Crippen molar-refractivity contribution in [1.82, 2.24) is 14.5 Å². The molecule has 0 saturated carbocycles. The van der Waals surface area contributed by atoms with Crippen LogP contribution in [-0.4, -0.2) is 51.4 Å². The first-order valence-corrected chi connectivity index (χ1v) is 13.1. The van der Waals surface area contributed by atoms with Gasteiger partial charge in [0.2, 0.25) is 0 Å². The summed E-state index contributed by atoms with van der Waals surface area (Å²) in [5.74, 6) is -2.20. The predicted octanol–water partition coefficient (Wildman–Crippen LogP) is 5.14. The molecule has 5 rings (SSSR count). The summed E-state index contributed by atoms with van der Waals surface area (Å²) in [5.41, 5.74) is -1.34. The first kappa shape index (κ1) is 27.5. The van der Waals surface area contributed by atoms with Gasteiger partial charge in [0.1, 0.15) is 28.8 Å². The molecule has 3 aromatic rings. The molecule has 11 heteroatoms. The van der Waals surface area contributed by atoms with Crippen molar-refractivity contribution in [3.63, 3.8) is 0 Å². The van der Waals surface area contributed by atoms with Crippen molar-refractivity contribution in [2.75, 3.05) is 19.7 Å². The second-order valence-corrected chi connectivity index (χ2v) is 11.4. The first-order chi connectivity index (χ1) is 19.0. The number of nitriles is 1. The van der Waals surface area contributed by atoms with E-state index in [-0.39, 0.29) is 34.3 Å². The van der Waals surface area contributed by atoms with Crippen LogP contribution in [0, 0.1) is 28.9 Å². The molecule has 2 aliphatic rings. The standard InChI is InChI=1S/C29H30F2N4O5/c1-28(2,3)40-27(37)34-10-8-29(9-11-34)13-18(16-38-29)15-35-17-33-24-7-4-19(12-20(24)26(35)36)39-25-21(14-32)22(30)5-6-23(25)31/h4-7,12,17-18H,8-11,13,15-16H2,1-3H3. The van der Waals surface area contributed by atoms with Gasteiger partial charge in [-0.3, -0.25) is 9.36 Å². The molecule has 0 bridgehead atoms. The van der Waals surface area contributed by atoms with Crippen LogP contribution in [-0.2, 0) is 16.0 Å². The van der Waals surface area contributed by atoms with Crippen LogP contribution in [0.25, 0.3) is 10.9 Å². The molecule has 2 saturated heterocycles. The summed E-state index contributed by atoms with van der Waals surface area (Å²) in [5, 5.41) is 9.47. The minimum absolute atomic E-state index is 0.0732. The van der Waals surface area contributed by atoms with E-state index in [0.717, 1.165) is 18.6 Å². The van der Waals surface area contributed by atoms with Crippen LogP contribution in [0.15, 0.2) is 41.5 Å². The highest BCUT2D eigenvalue weighted by atomic mass is 19.1. The average molecular weight is 553 g/mol. The number of hydrogen-bond acceptors (Lipinski definition) is 7. The lowest BCUT2D eigenvalue weighted by Gasteiger charge is -2.39. The Morgan fingerprint density at radius 3 is 2.62 bits per heavy atom. The number of fused-ring (bicyclic) bond motifs is 1. The molecule has 1 spiro atoms. The van der Waals surface area contributed by atoms with E-state index in [4.69, 9.17) is 14.2 Å². The van der Waals surface area contributed by atoms with E-state index in [2.05, 4.69) is 4.98 Å². The molecular formula is C29H30F2N4O5. The summed E-state index contributed by atoms with van der Waals surface area (Å²) in [4.78, 5) is 31.9. The molecule has 1 aromatic heterocycles. The molecule has 9 nitrogen and oxygen atoms in total. The van der Waals surface area contributed by atoms with Crippen molar-refractivity contribution in [2.24, 2.45) is 5.92 Å². The van der Waals surface area contributed by atoms with E-state index in [0.29, 0.717) is 44.6 Å². The van der Waals surface area contributed by atoms with Gasteiger partial charge >= 0.3 is 6.09 Å². The summed E-state index contributed by atoms with van der Waals surface area (Å²) >= 11 is 0. The van der Waals surface area contributed by atoms with Crippen LogP contribution in [0.1, 0.15) is 45.6 Å². The SMILES string of the molecule is CC(C)(C)OC(=O)N1CCC2(CC1)CC(Cn1cnc3ccc(Oc4c(F)ccc(F)c4C#N)cc3c1=O)CO2. The lowest BCUT2D eigenvalue weighted by molar-refractivity contribution is -0.0487. The first-order valence-electron chi connectivity index (χ1n) is 13.1. The molecule has 2 fully saturated rings. The minimum Gasteiger partial charge on any atom is -0.453 e. The van der Waals surface area contributed by atoms with E-state index in [1.54, 1.807) is 17.0 Å². The lowest BCUT2D eigenvalue weighted by Crippen LogP contribution is -2.48.